The van der Waals surface area contributed by atoms with Gasteiger partial charge < -0.3 is 5.32 Å². The van der Waals surface area contributed by atoms with E-state index >= 15 is 0 Å². The van der Waals surface area contributed by atoms with Gasteiger partial charge in [-0.1, -0.05) is 12.5 Å². The van der Waals surface area contributed by atoms with E-state index in [4.69, 9.17) is 0 Å². The summed E-state index contributed by atoms with van der Waals surface area (Å²) < 4.78 is 27.2. The third-order valence-electron chi connectivity index (χ3n) is 5.05. The number of carbonyl (C=O) groups is 1. The van der Waals surface area contributed by atoms with Crippen LogP contribution in [0, 0.1) is 6.92 Å². The molecule has 156 valence electrons. The second-order valence-electron chi connectivity index (χ2n) is 7.27. The third kappa shape index (κ3) is 4.27. The summed E-state index contributed by atoms with van der Waals surface area (Å²) >= 11 is 0. The maximum Gasteiger partial charge on any atom is 0.255 e. The molecule has 1 saturated heterocycles. The van der Waals surface area contributed by atoms with Crippen LogP contribution in [0.15, 0.2) is 53.4 Å². The number of piperidine rings is 1. The number of aromatic nitrogens is 3. The zero-order valence-electron chi connectivity index (χ0n) is 16.6. The van der Waals surface area contributed by atoms with Crippen LogP contribution in [0.5, 0.6) is 0 Å². The van der Waals surface area contributed by atoms with Crippen LogP contribution in [0.1, 0.15) is 35.4 Å². The molecule has 0 radical (unpaired) electrons. The maximum atomic E-state index is 12.9. The summed E-state index contributed by atoms with van der Waals surface area (Å²) in [7, 11) is -3.59. The number of amides is 1. The van der Waals surface area contributed by atoms with Crippen LogP contribution in [-0.4, -0.2) is 46.9 Å². The summed E-state index contributed by atoms with van der Waals surface area (Å²) in [5.41, 5.74) is 1.72. The van der Waals surface area contributed by atoms with E-state index in [0.29, 0.717) is 30.2 Å². The molecule has 2 aromatic carbocycles. The van der Waals surface area contributed by atoms with Gasteiger partial charge in [-0.3, -0.25) is 9.89 Å². The molecule has 30 heavy (non-hydrogen) atoms. The van der Waals surface area contributed by atoms with Crippen molar-refractivity contribution in [3.63, 3.8) is 0 Å². The Morgan fingerprint density at radius 1 is 1.07 bits per heavy atom. The first kappa shape index (κ1) is 20.2. The Balaban J connectivity index is 1.49. The lowest BCUT2D eigenvalue weighted by molar-refractivity contribution is 0.102. The lowest BCUT2D eigenvalue weighted by atomic mass is 10.1. The molecule has 0 spiro atoms. The van der Waals surface area contributed by atoms with Gasteiger partial charge in [0.1, 0.15) is 5.82 Å². The van der Waals surface area contributed by atoms with Crippen molar-refractivity contribution in [2.24, 2.45) is 0 Å². The van der Waals surface area contributed by atoms with E-state index < -0.39 is 10.0 Å². The molecule has 8 nitrogen and oxygen atoms in total. The fourth-order valence-corrected chi connectivity index (χ4v) is 4.99. The standard InChI is InChI=1S/C21H23N5O3S/c1-15-22-20(25-24-15)16-8-10-18(11-9-16)23-21(27)17-6-5-7-19(14-17)30(28,29)26-12-3-2-4-13-26/h5-11,14H,2-4,12-13H2,1H3,(H,23,27)(H,22,24,25). The number of carbonyl (C=O) groups excluding carboxylic acids is 1. The highest BCUT2D eigenvalue weighted by Crippen LogP contribution is 2.22. The van der Waals surface area contributed by atoms with Crippen molar-refractivity contribution in [1.82, 2.24) is 19.5 Å². The van der Waals surface area contributed by atoms with Crippen molar-refractivity contribution >= 4 is 21.6 Å². The number of nitrogens with zero attached hydrogens (tertiary/aromatic N) is 3. The van der Waals surface area contributed by atoms with Crippen LogP contribution in [0.2, 0.25) is 0 Å². The van der Waals surface area contributed by atoms with Crippen LogP contribution in [0.3, 0.4) is 0 Å². The van der Waals surface area contributed by atoms with E-state index in [1.165, 1.54) is 16.4 Å². The molecule has 2 heterocycles. The average molecular weight is 426 g/mol. The number of hydrogen-bond acceptors (Lipinski definition) is 5. The summed E-state index contributed by atoms with van der Waals surface area (Å²) in [6, 6.07) is 13.3. The van der Waals surface area contributed by atoms with E-state index in [1.807, 2.05) is 19.1 Å². The van der Waals surface area contributed by atoms with Gasteiger partial charge in [-0.15, -0.1) is 0 Å². The smallest absolute Gasteiger partial charge is 0.255 e. The van der Waals surface area contributed by atoms with Gasteiger partial charge in [0.05, 0.1) is 4.90 Å². The summed E-state index contributed by atoms with van der Waals surface area (Å²) in [4.78, 5) is 17.1. The Morgan fingerprint density at radius 2 is 1.80 bits per heavy atom. The van der Waals surface area contributed by atoms with Crippen molar-refractivity contribution in [2.75, 3.05) is 18.4 Å². The molecule has 1 amide bonds. The van der Waals surface area contributed by atoms with Crippen molar-refractivity contribution in [3.05, 3.63) is 59.9 Å². The van der Waals surface area contributed by atoms with Crippen LogP contribution in [-0.2, 0) is 10.0 Å². The van der Waals surface area contributed by atoms with Crippen LogP contribution >= 0.6 is 0 Å². The SMILES string of the molecule is Cc1nc(-c2ccc(NC(=O)c3cccc(S(=O)(=O)N4CCCCC4)c3)cc2)n[nH]1. The molecule has 0 unspecified atom stereocenters. The monoisotopic (exact) mass is 425 g/mol. The molecule has 0 atom stereocenters. The number of hydrogen-bond donors (Lipinski definition) is 2. The summed E-state index contributed by atoms with van der Waals surface area (Å²) in [5.74, 6) is 0.940. The second kappa shape index (κ2) is 8.37. The highest BCUT2D eigenvalue weighted by molar-refractivity contribution is 7.89. The minimum atomic E-state index is -3.59. The van der Waals surface area contributed by atoms with E-state index in [2.05, 4.69) is 20.5 Å². The van der Waals surface area contributed by atoms with E-state index in [1.54, 1.807) is 24.3 Å². The predicted octanol–water partition coefficient (Wildman–Crippen LogP) is 3.21. The number of benzene rings is 2. The number of anilines is 1. The van der Waals surface area contributed by atoms with Crippen LogP contribution in [0.25, 0.3) is 11.4 Å². The quantitative estimate of drug-likeness (QED) is 0.653. The van der Waals surface area contributed by atoms with Gasteiger partial charge in [0, 0.05) is 29.9 Å². The van der Waals surface area contributed by atoms with Gasteiger partial charge in [0.2, 0.25) is 10.0 Å². The molecule has 4 rings (SSSR count). The lowest BCUT2D eigenvalue weighted by Gasteiger charge is -2.26. The number of nitrogens with one attached hydrogen (secondary N) is 2. The average Bonchev–Trinajstić information content (AvgIpc) is 3.21. The zero-order valence-corrected chi connectivity index (χ0v) is 17.4. The fraction of sp³-hybridized carbons (Fsp3) is 0.286. The van der Waals surface area contributed by atoms with E-state index in [-0.39, 0.29) is 10.8 Å². The normalized spacial score (nSPS) is 15.1. The second-order valence-corrected chi connectivity index (χ2v) is 9.21. The van der Waals surface area contributed by atoms with E-state index in [0.717, 1.165) is 30.7 Å². The van der Waals surface area contributed by atoms with Gasteiger partial charge in [-0.2, -0.15) is 9.40 Å². The van der Waals surface area contributed by atoms with Crippen molar-refractivity contribution in [3.8, 4) is 11.4 Å². The van der Waals surface area contributed by atoms with Gasteiger partial charge >= 0.3 is 0 Å². The molecule has 3 aromatic rings. The fourth-order valence-electron chi connectivity index (χ4n) is 3.43. The Hall–Kier alpha value is -3.04. The predicted molar refractivity (Wildman–Crippen MR) is 114 cm³/mol. The number of rotatable bonds is 5. The molecule has 1 aliphatic heterocycles. The van der Waals surface area contributed by atoms with Crippen LogP contribution in [0.4, 0.5) is 5.69 Å². The molecule has 1 aromatic heterocycles. The van der Waals surface area contributed by atoms with Crippen molar-refractivity contribution in [2.45, 2.75) is 31.1 Å². The minimum absolute atomic E-state index is 0.146. The first-order valence-corrected chi connectivity index (χ1v) is 11.3. The Kier molecular flexibility index (Phi) is 5.65. The summed E-state index contributed by atoms with van der Waals surface area (Å²) in [6.07, 6.45) is 2.77. The molecular weight excluding hydrogens is 402 g/mol. The first-order chi connectivity index (χ1) is 14.4. The largest absolute Gasteiger partial charge is 0.322 e. The van der Waals surface area contributed by atoms with Gasteiger partial charge in [0.25, 0.3) is 5.91 Å². The minimum Gasteiger partial charge on any atom is -0.322 e. The molecule has 9 heteroatoms. The Bertz CT molecular complexity index is 1150. The summed E-state index contributed by atoms with van der Waals surface area (Å²) in [5, 5.41) is 9.71. The number of H-pyrrole nitrogens is 1. The van der Waals surface area contributed by atoms with E-state index in [9.17, 15) is 13.2 Å². The highest BCUT2D eigenvalue weighted by Gasteiger charge is 2.26. The number of sulfonamides is 1. The Morgan fingerprint density at radius 3 is 2.47 bits per heavy atom. The molecule has 0 saturated carbocycles. The first-order valence-electron chi connectivity index (χ1n) is 9.84. The highest BCUT2D eigenvalue weighted by atomic mass is 32.2. The van der Waals surface area contributed by atoms with Gasteiger partial charge in [-0.25, -0.2) is 13.4 Å². The Labute approximate surface area is 175 Å². The summed E-state index contributed by atoms with van der Waals surface area (Å²) in [6.45, 7) is 2.87. The molecule has 1 aliphatic rings. The van der Waals surface area contributed by atoms with Gasteiger partial charge in [0.15, 0.2) is 5.82 Å². The van der Waals surface area contributed by atoms with Gasteiger partial charge in [-0.05, 0) is 62.2 Å². The zero-order chi connectivity index (χ0) is 21.1. The molecule has 1 fully saturated rings. The molecule has 0 bridgehead atoms. The molecule has 2 N–H and O–H groups in total. The molecular formula is C21H23N5O3S. The number of aryl methyl sites for hydroxylation is 1. The number of aromatic amines is 1. The van der Waals surface area contributed by atoms with Crippen LogP contribution < -0.4 is 5.32 Å². The lowest BCUT2D eigenvalue weighted by Crippen LogP contribution is -2.35. The maximum absolute atomic E-state index is 12.9. The van der Waals surface area contributed by atoms with Crippen molar-refractivity contribution in [1.29, 1.82) is 0 Å². The van der Waals surface area contributed by atoms with Crippen molar-refractivity contribution < 1.29 is 13.2 Å². The topological polar surface area (TPSA) is 108 Å². The third-order valence-corrected chi connectivity index (χ3v) is 6.94. The molecule has 0 aliphatic carbocycles.